The molecule has 1 aliphatic heterocycles. The number of carboxylic acids is 1. The minimum atomic E-state index is -0.841. The Morgan fingerprint density at radius 1 is 1.22 bits per heavy atom. The Kier molecular flexibility index (Phi) is 5.25. The molecule has 2 unspecified atom stereocenters. The highest BCUT2D eigenvalue weighted by molar-refractivity contribution is 5.72. The van der Waals surface area contributed by atoms with E-state index in [1.807, 2.05) is 12.1 Å². The van der Waals surface area contributed by atoms with E-state index in [-0.39, 0.29) is 11.7 Å². The average molecular weight is 372 g/mol. The van der Waals surface area contributed by atoms with Gasteiger partial charge in [-0.05, 0) is 30.5 Å². The molecule has 1 saturated carbocycles. The number of nitrogens with zero attached hydrogens (tertiary/aromatic N) is 2. The van der Waals surface area contributed by atoms with Crippen LogP contribution in [0, 0.1) is 11.7 Å². The highest BCUT2D eigenvalue weighted by Crippen LogP contribution is 2.35. The minimum Gasteiger partial charge on any atom is -0.481 e. The van der Waals surface area contributed by atoms with Gasteiger partial charge in [0.2, 0.25) is 0 Å². The molecule has 27 heavy (non-hydrogen) atoms. The van der Waals surface area contributed by atoms with Crippen molar-refractivity contribution in [3.63, 3.8) is 0 Å². The molecule has 2 heterocycles. The van der Waals surface area contributed by atoms with Crippen LogP contribution in [0.25, 0.3) is 0 Å². The molecule has 2 atom stereocenters. The summed E-state index contributed by atoms with van der Waals surface area (Å²) < 4.78 is 19.1. The number of carbonyl (C=O) groups is 1. The van der Waals surface area contributed by atoms with Gasteiger partial charge in [0.1, 0.15) is 5.82 Å². The van der Waals surface area contributed by atoms with Crippen molar-refractivity contribution >= 4 is 5.97 Å². The number of hydrogen-bond donors (Lipinski definition) is 1. The Labute approximate surface area is 158 Å². The van der Waals surface area contributed by atoms with Gasteiger partial charge >= 0.3 is 5.97 Å². The Hall–Kier alpha value is -2.21. The molecule has 1 N–H and O–H groups in total. The predicted octanol–water partition coefficient (Wildman–Crippen LogP) is 4.16. The first-order valence-electron chi connectivity index (χ1n) is 9.76. The Balaban J connectivity index is 1.45. The van der Waals surface area contributed by atoms with E-state index in [0.717, 1.165) is 17.0 Å². The van der Waals surface area contributed by atoms with Crippen molar-refractivity contribution in [3.05, 3.63) is 53.2 Å². The molecule has 1 saturated heterocycles. The summed E-state index contributed by atoms with van der Waals surface area (Å²) in [4.78, 5) is 13.8. The molecule has 2 aromatic rings. The standard InChI is InChI=1S/C21H25FN2O3/c22-16-8-4-7-15(9-16)18-12-24(13-19(18)21(25)26)11-17-10-20(23-27-17)14-5-2-1-3-6-14/h4,7-10,14,18-19H,1-3,5-6,11-13H2,(H,25,26). The van der Waals surface area contributed by atoms with Crippen LogP contribution in [0.4, 0.5) is 4.39 Å². The third-order valence-electron chi connectivity index (χ3n) is 5.97. The topological polar surface area (TPSA) is 66.6 Å². The number of likely N-dealkylation sites (tertiary alicyclic amines) is 1. The van der Waals surface area contributed by atoms with Crippen molar-refractivity contribution in [3.8, 4) is 0 Å². The predicted molar refractivity (Wildman–Crippen MR) is 97.9 cm³/mol. The van der Waals surface area contributed by atoms with Crippen LogP contribution < -0.4 is 0 Å². The zero-order chi connectivity index (χ0) is 18.8. The molecule has 0 amide bonds. The average Bonchev–Trinajstić information content (AvgIpc) is 3.30. The third-order valence-corrected chi connectivity index (χ3v) is 5.97. The molecule has 4 rings (SSSR count). The Bertz CT molecular complexity index is 800. The van der Waals surface area contributed by atoms with E-state index in [9.17, 15) is 14.3 Å². The maximum absolute atomic E-state index is 13.6. The number of halogens is 1. The fourth-order valence-corrected chi connectivity index (χ4v) is 4.55. The van der Waals surface area contributed by atoms with Crippen molar-refractivity contribution in [1.82, 2.24) is 10.1 Å². The molecule has 0 radical (unpaired) electrons. The maximum Gasteiger partial charge on any atom is 0.308 e. The van der Waals surface area contributed by atoms with Gasteiger partial charge < -0.3 is 9.63 Å². The van der Waals surface area contributed by atoms with Gasteiger partial charge in [-0.15, -0.1) is 0 Å². The van der Waals surface area contributed by atoms with Crippen molar-refractivity contribution < 1.29 is 18.8 Å². The Morgan fingerprint density at radius 3 is 2.78 bits per heavy atom. The molecule has 2 aliphatic rings. The molecule has 144 valence electrons. The van der Waals surface area contributed by atoms with Gasteiger partial charge in [-0.1, -0.05) is 36.6 Å². The van der Waals surface area contributed by atoms with Crippen LogP contribution in [-0.2, 0) is 11.3 Å². The lowest BCUT2D eigenvalue weighted by atomic mass is 9.87. The van der Waals surface area contributed by atoms with Gasteiger partial charge in [-0.25, -0.2) is 4.39 Å². The summed E-state index contributed by atoms with van der Waals surface area (Å²) in [6.07, 6.45) is 6.12. The number of hydrogen-bond acceptors (Lipinski definition) is 4. The fraction of sp³-hybridized carbons (Fsp3) is 0.524. The van der Waals surface area contributed by atoms with E-state index < -0.39 is 11.9 Å². The second kappa shape index (κ2) is 7.80. The lowest BCUT2D eigenvalue weighted by Crippen LogP contribution is -2.23. The lowest BCUT2D eigenvalue weighted by molar-refractivity contribution is -0.141. The van der Waals surface area contributed by atoms with Crippen LogP contribution in [0.15, 0.2) is 34.9 Å². The molecule has 2 fully saturated rings. The zero-order valence-electron chi connectivity index (χ0n) is 15.3. The summed E-state index contributed by atoms with van der Waals surface area (Å²) in [5.41, 5.74) is 1.77. The quantitative estimate of drug-likeness (QED) is 0.854. The molecule has 0 spiro atoms. The third kappa shape index (κ3) is 4.05. The summed E-state index contributed by atoms with van der Waals surface area (Å²) in [6, 6.07) is 8.30. The van der Waals surface area contributed by atoms with E-state index in [0.29, 0.717) is 25.6 Å². The lowest BCUT2D eigenvalue weighted by Gasteiger charge is -2.18. The van der Waals surface area contributed by atoms with Crippen LogP contribution in [0.5, 0.6) is 0 Å². The molecule has 1 aromatic carbocycles. The summed E-state index contributed by atoms with van der Waals surface area (Å²) >= 11 is 0. The summed E-state index contributed by atoms with van der Waals surface area (Å²) in [7, 11) is 0. The van der Waals surface area contributed by atoms with Crippen LogP contribution in [0.2, 0.25) is 0 Å². The van der Waals surface area contributed by atoms with Crippen LogP contribution in [-0.4, -0.2) is 34.2 Å². The second-order valence-electron chi connectivity index (χ2n) is 7.85. The first-order chi connectivity index (χ1) is 13.1. The maximum atomic E-state index is 13.6. The van der Waals surface area contributed by atoms with E-state index in [1.54, 1.807) is 6.07 Å². The van der Waals surface area contributed by atoms with Gasteiger partial charge in [0, 0.05) is 31.0 Å². The number of benzene rings is 1. The van der Waals surface area contributed by atoms with E-state index in [2.05, 4.69) is 10.1 Å². The van der Waals surface area contributed by atoms with Crippen molar-refractivity contribution in [2.24, 2.45) is 5.92 Å². The van der Waals surface area contributed by atoms with Crippen LogP contribution in [0.3, 0.4) is 0 Å². The summed E-state index contributed by atoms with van der Waals surface area (Å²) in [5.74, 6) is -0.678. The van der Waals surface area contributed by atoms with Gasteiger partial charge in [0.25, 0.3) is 0 Å². The number of aliphatic carboxylic acids is 1. The zero-order valence-corrected chi connectivity index (χ0v) is 15.3. The highest BCUT2D eigenvalue weighted by atomic mass is 19.1. The first-order valence-corrected chi connectivity index (χ1v) is 9.76. The summed E-state index contributed by atoms with van der Waals surface area (Å²) in [5, 5.41) is 13.9. The van der Waals surface area contributed by atoms with E-state index in [1.165, 1.54) is 44.2 Å². The molecule has 1 aliphatic carbocycles. The number of rotatable bonds is 5. The number of carboxylic acid groups (broad SMARTS) is 1. The SMILES string of the molecule is O=C(O)C1CN(Cc2cc(C3CCCCC3)no2)CC1c1cccc(F)c1. The molecular formula is C21H25FN2O3. The molecular weight excluding hydrogens is 347 g/mol. The second-order valence-corrected chi connectivity index (χ2v) is 7.85. The van der Waals surface area contributed by atoms with Crippen molar-refractivity contribution in [1.29, 1.82) is 0 Å². The van der Waals surface area contributed by atoms with Gasteiger partial charge in [-0.3, -0.25) is 9.69 Å². The van der Waals surface area contributed by atoms with Crippen molar-refractivity contribution in [2.75, 3.05) is 13.1 Å². The van der Waals surface area contributed by atoms with Crippen LogP contribution in [0.1, 0.15) is 61.0 Å². The monoisotopic (exact) mass is 372 g/mol. The first kappa shape index (κ1) is 18.2. The highest BCUT2D eigenvalue weighted by Gasteiger charge is 2.39. The molecule has 6 heteroatoms. The smallest absolute Gasteiger partial charge is 0.308 e. The molecule has 0 bridgehead atoms. The van der Waals surface area contributed by atoms with Crippen molar-refractivity contribution in [2.45, 2.75) is 50.5 Å². The molecule has 1 aromatic heterocycles. The minimum absolute atomic E-state index is 0.223. The number of aromatic nitrogens is 1. The molecule has 5 nitrogen and oxygen atoms in total. The Morgan fingerprint density at radius 2 is 2.04 bits per heavy atom. The summed E-state index contributed by atoms with van der Waals surface area (Å²) in [6.45, 7) is 1.53. The van der Waals surface area contributed by atoms with Gasteiger partial charge in [0.15, 0.2) is 5.76 Å². The normalized spacial score (nSPS) is 24.3. The fourth-order valence-electron chi connectivity index (χ4n) is 4.55. The van der Waals surface area contributed by atoms with Gasteiger partial charge in [0.05, 0.1) is 18.2 Å². The van der Waals surface area contributed by atoms with Crippen LogP contribution >= 0.6 is 0 Å². The van der Waals surface area contributed by atoms with Gasteiger partial charge in [-0.2, -0.15) is 0 Å². The largest absolute Gasteiger partial charge is 0.481 e. The van der Waals surface area contributed by atoms with E-state index >= 15 is 0 Å². The van der Waals surface area contributed by atoms with E-state index in [4.69, 9.17) is 4.52 Å².